The van der Waals surface area contributed by atoms with Crippen LogP contribution in [0.15, 0.2) is 0 Å². The van der Waals surface area contributed by atoms with Crippen LogP contribution in [0.4, 0.5) is 0 Å². The molecule has 140 valence electrons. The Kier molecular flexibility index (Phi) is 12.8. The molecule has 0 rings (SSSR count). The molecule has 0 spiro atoms. The third-order valence-corrected chi connectivity index (χ3v) is 3.42. The minimum absolute atomic E-state index is 0.0838. The second-order valence-electron chi connectivity index (χ2n) is 5.92. The van der Waals surface area contributed by atoms with Crippen LogP contribution in [0.2, 0.25) is 0 Å². The van der Waals surface area contributed by atoms with Gasteiger partial charge in [-0.1, -0.05) is 13.8 Å². The molecule has 7 nitrogen and oxygen atoms in total. The summed E-state index contributed by atoms with van der Waals surface area (Å²) in [6.07, 6.45) is 3.68. The molecule has 1 N–H and O–H groups in total. The molecule has 24 heavy (non-hydrogen) atoms. The molecule has 0 amide bonds. The molecule has 0 bridgehead atoms. The summed E-state index contributed by atoms with van der Waals surface area (Å²) in [7, 11) is 1.35. The second-order valence-corrected chi connectivity index (χ2v) is 5.92. The van der Waals surface area contributed by atoms with Crippen molar-refractivity contribution in [1.82, 2.24) is 5.32 Å². The molecular formula is C17H31NO6. The standard InChI is InChI=1S/C17H31NO6/c1-13(2)16(17(21)22-4)18-10-9-15(20)24-12-8-6-5-7-11-23-14(3)19/h13,16,18H,5-12H2,1-4H3. The van der Waals surface area contributed by atoms with Crippen LogP contribution in [-0.4, -0.2) is 50.8 Å². The molecule has 0 aliphatic heterocycles. The summed E-state index contributed by atoms with van der Waals surface area (Å²) in [5.74, 6) is -0.785. The van der Waals surface area contributed by atoms with Gasteiger partial charge < -0.3 is 19.5 Å². The van der Waals surface area contributed by atoms with Crippen LogP contribution < -0.4 is 5.32 Å². The van der Waals surface area contributed by atoms with Crippen LogP contribution >= 0.6 is 0 Å². The van der Waals surface area contributed by atoms with Gasteiger partial charge in [-0.25, -0.2) is 0 Å². The molecule has 1 unspecified atom stereocenters. The lowest BCUT2D eigenvalue weighted by Gasteiger charge is -2.19. The summed E-state index contributed by atoms with van der Waals surface area (Å²) in [4.78, 5) is 33.7. The lowest BCUT2D eigenvalue weighted by molar-refractivity contribution is -0.146. The Morgan fingerprint density at radius 2 is 1.54 bits per heavy atom. The lowest BCUT2D eigenvalue weighted by Crippen LogP contribution is -2.42. The van der Waals surface area contributed by atoms with Gasteiger partial charge in [0.1, 0.15) is 6.04 Å². The molecule has 7 heteroatoms. The fourth-order valence-electron chi connectivity index (χ4n) is 2.08. The lowest BCUT2D eigenvalue weighted by atomic mass is 10.0. The first-order valence-corrected chi connectivity index (χ1v) is 8.48. The van der Waals surface area contributed by atoms with Crippen molar-refractivity contribution in [1.29, 1.82) is 0 Å². The molecule has 0 radical (unpaired) electrons. The van der Waals surface area contributed by atoms with Crippen molar-refractivity contribution in [3.05, 3.63) is 0 Å². The zero-order valence-electron chi connectivity index (χ0n) is 15.3. The Labute approximate surface area is 144 Å². The number of nitrogens with one attached hydrogen (secondary N) is 1. The molecule has 1 atom stereocenters. The third kappa shape index (κ3) is 11.9. The van der Waals surface area contributed by atoms with Crippen LogP contribution in [0.5, 0.6) is 0 Å². The van der Waals surface area contributed by atoms with Crippen molar-refractivity contribution in [2.75, 3.05) is 26.9 Å². The van der Waals surface area contributed by atoms with E-state index in [0.717, 1.165) is 25.7 Å². The predicted molar refractivity (Wildman–Crippen MR) is 89.3 cm³/mol. The van der Waals surface area contributed by atoms with Crippen molar-refractivity contribution in [2.45, 2.75) is 58.9 Å². The molecule has 0 aromatic rings. The van der Waals surface area contributed by atoms with Crippen LogP contribution in [0.25, 0.3) is 0 Å². The molecule has 0 saturated carbocycles. The van der Waals surface area contributed by atoms with Crippen molar-refractivity contribution in [3.8, 4) is 0 Å². The van der Waals surface area contributed by atoms with Gasteiger partial charge in [0.2, 0.25) is 0 Å². The Balaban J connectivity index is 3.62. The van der Waals surface area contributed by atoms with E-state index < -0.39 is 6.04 Å². The number of unbranched alkanes of at least 4 members (excludes halogenated alkanes) is 3. The average Bonchev–Trinajstić information content (AvgIpc) is 2.52. The van der Waals surface area contributed by atoms with Crippen molar-refractivity contribution < 1.29 is 28.6 Å². The second kappa shape index (κ2) is 13.8. The van der Waals surface area contributed by atoms with Crippen LogP contribution in [-0.2, 0) is 28.6 Å². The summed E-state index contributed by atoms with van der Waals surface area (Å²) < 4.78 is 14.7. The molecular weight excluding hydrogens is 314 g/mol. The van der Waals surface area contributed by atoms with E-state index in [9.17, 15) is 14.4 Å². The van der Waals surface area contributed by atoms with E-state index in [1.807, 2.05) is 13.8 Å². The molecule has 0 aromatic heterocycles. The Morgan fingerprint density at radius 3 is 2.04 bits per heavy atom. The molecule has 0 aliphatic rings. The fourth-order valence-corrected chi connectivity index (χ4v) is 2.08. The number of carbonyl (C=O) groups is 3. The predicted octanol–water partition coefficient (Wildman–Crippen LogP) is 1.83. The number of ether oxygens (including phenoxy) is 3. The number of methoxy groups -OCH3 is 1. The van der Waals surface area contributed by atoms with E-state index in [1.165, 1.54) is 14.0 Å². The van der Waals surface area contributed by atoms with Crippen molar-refractivity contribution in [3.63, 3.8) is 0 Å². The third-order valence-electron chi connectivity index (χ3n) is 3.42. The maximum absolute atomic E-state index is 11.6. The topological polar surface area (TPSA) is 90.9 Å². The van der Waals surface area contributed by atoms with Gasteiger partial charge in [-0.15, -0.1) is 0 Å². The Hall–Kier alpha value is -1.63. The van der Waals surface area contributed by atoms with Gasteiger partial charge in [0.05, 0.1) is 26.7 Å². The number of rotatable bonds is 13. The Morgan fingerprint density at radius 1 is 0.958 bits per heavy atom. The largest absolute Gasteiger partial charge is 0.468 e. The van der Waals surface area contributed by atoms with Crippen molar-refractivity contribution in [2.24, 2.45) is 5.92 Å². The Bertz CT molecular complexity index is 383. The average molecular weight is 345 g/mol. The minimum Gasteiger partial charge on any atom is -0.468 e. The van der Waals surface area contributed by atoms with Crippen molar-refractivity contribution >= 4 is 17.9 Å². The summed E-state index contributed by atoms with van der Waals surface area (Å²) >= 11 is 0. The molecule has 0 fully saturated rings. The zero-order valence-corrected chi connectivity index (χ0v) is 15.3. The van der Waals surface area contributed by atoms with Gasteiger partial charge in [0.15, 0.2) is 0 Å². The first-order chi connectivity index (χ1) is 11.4. The highest BCUT2D eigenvalue weighted by Crippen LogP contribution is 2.04. The first kappa shape index (κ1) is 22.4. The van der Waals surface area contributed by atoms with E-state index in [2.05, 4.69) is 5.32 Å². The van der Waals surface area contributed by atoms with Gasteiger partial charge in [-0.2, -0.15) is 0 Å². The summed E-state index contributed by atoms with van der Waals surface area (Å²) in [6.45, 7) is 6.42. The smallest absolute Gasteiger partial charge is 0.323 e. The quantitative estimate of drug-likeness (QED) is 0.309. The highest BCUT2D eigenvalue weighted by Gasteiger charge is 2.22. The summed E-state index contributed by atoms with van der Waals surface area (Å²) in [5, 5.41) is 3.02. The maximum Gasteiger partial charge on any atom is 0.323 e. The van der Waals surface area contributed by atoms with Gasteiger partial charge in [-0.3, -0.25) is 14.4 Å². The van der Waals surface area contributed by atoms with E-state index in [0.29, 0.717) is 19.8 Å². The summed E-state index contributed by atoms with van der Waals surface area (Å²) in [5.41, 5.74) is 0. The maximum atomic E-state index is 11.6. The number of hydrogen-bond donors (Lipinski definition) is 1. The molecule has 0 aromatic carbocycles. The fraction of sp³-hybridized carbons (Fsp3) is 0.824. The van der Waals surface area contributed by atoms with Gasteiger partial charge in [0, 0.05) is 13.5 Å². The highest BCUT2D eigenvalue weighted by atomic mass is 16.5. The number of esters is 3. The van der Waals surface area contributed by atoms with Crippen LogP contribution in [0.1, 0.15) is 52.9 Å². The van der Waals surface area contributed by atoms with E-state index in [1.54, 1.807) is 0 Å². The van der Waals surface area contributed by atoms with E-state index >= 15 is 0 Å². The molecule has 0 heterocycles. The summed E-state index contributed by atoms with van der Waals surface area (Å²) in [6, 6.07) is -0.417. The molecule has 0 aliphatic carbocycles. The van der Waals surface area contributed by atoms with Crippen LogP contribution in [0.3, 0.4) is 0 Å². The SMILES string of the molecule is COC(=O)C(NCCC(=O)OCCCCCCOC(C)=O)C(C)C. The molecule has 0 saturated heterocycles. The first-order valence-electron chi connectivity index (χ1n) is 8.48. The van der Waals surface area contributed by atoms with E-state index in [4.69, 9.17) is 14.2 Å². The number of carbonyl (C=O) groups excluding carboxylic acids is 3. The normalized spacial score (nSPS) is 11.9. The van der Waals surface area contributed by atoms with Crippen LogP contribution in [0, 0.1) is 5.92 Å². The minimum atomic E-state index is -0.417. The van der Waals surface area contributed by atoms with Gasteiger partial charge in [0.25, 0.3) is 0 Å². The van der Waals surface area contributed by atoms with Gasteiger partial charge in [-0.05, 0) is 31.6 Å². The highest BCUT2D eigenvalue weighted by molar-refractivity contribution is 5.76. The van der Waals surface area contributed by atoms with E-state index in [-0.39, 0.29) is 30.2 Å². The van der Waals surface area contributed by atoms with Gasteiger partial charge >= 0.3 is 17.9 Å². The number of hydrogen-bond acceptors (Lipinski definition) is 7. The zero-order chi connectivity index (χ0) is 18.4. The monoisotopic (exact) mass is 345 g/mol.